The summed E-state index contributed by atoms with van der Waals surface area (Å²) in [7, 11) is 0. The number of rotatable bonds is 8. The van der Waals surface area contributed by atoms with Crippen LogP contribution in [0.15, 0.2) is 48.5 Å². The molecule has 0 bridgehead atoms. The van der Waals surface area contributed by atoms with Gasteiger partial charge in [0, 0.05) is 17.8 Å². The maximum Gasteiger partial charge on any atom is 0.238 e. The number of benzene rings is 2. The molecule has 1 saturated carbocycles. The van der Waals surface area contributed by atoms with Crippen molar-refractivity contribution >= 4 is 35.0 Å². The van der Waals surface area contributed by atoms with Gasteiger partial charge in [0.2, 0.25) is 11.8 Å². The molecular formula is C26H32N2O2S. The van der Waals surface area contributed by atoms with E-state index < -0.39 is 0 Å². The van der Waals surface area contributed by atoms with Crippen LogP contribution in [-0.4, -0.2) is 17.6 Å². The summed E-state index contributed by atoms with van der Waals surface area (Å²) in [5, 5.41) is 3.00. The van der Waals surface area contributed by atoms with Crippen molar-refractivity contribution in [2.45, 2.75) is 63.7 Å². The van der Waals surface area contributed by atoms with Gasteiger partial charge in [-0.2, -0.15) is 0 Å². The predicted molar refractivity (Wildman–Crippen MR) is 129 cm³/mol. The van der Waals surface area contributed by atoms with Gasteiger partial charge >= 0.3 is 0 Å². The van der Waals surface area contributed by atoms with Crippen LogP contribution in [0.2, 0.25) is 0 Å². The zero-order valence-electron chi connectivity index (χ0n) is 18.3. The minimum atomic E-state index is -0.0300. The third-order valence-electron chi connectivity index (χ3n) is 6.37. The summed E-state index contributed by atoms with van der Waals surface area (Å²) >= 11 is 1.66. The molecule has 1 aliphatic heterocycles. The molecule has 2 aromatic rings. The molecule has 0 aromatic heterocycles. The van der Waals surface area contributed by atoms with Gasteiger partial charge in [0.05, 0.1) is 5.75 Å². The number of nitrogens with one attached hydrogen (secondary N) is 1. The number of carbonyl (C=O) groups is 2. The lowest BCUT2D eigenvalue weighted by Gasteiger charge is -2.26. The van der Waals surface area contributed by atoms with Gasteiger partial charge in [-0.05, 0) is 48.1 Å². The lowest BCUT2D eigenvalue weighted by molar-refractivity contribution is -0.117. The quantitative estimate of drug-likeness (QED) is 0.526. The van der Waals surface area contributed by atoms with E-state index in [-0.39, 0.29) is 17.2 Å². The number of carbonyl (C=O) groups excluding carboxylic acids is 2. The Labute approximate surface area is 189 Å². The molecule has 2 amide bonds. The molecule has 1 atom stereocenters. The van der Waals surface area contributed by atoms with Crippen LogP contribution in [0.1, 0.15) is 68.4 Å². The minimum absolute atomic E-state index is 0.0300. The summed E-state index contributed by atoms with van der Waals surface area (Å²) in [5.41, 5.74) is 4.16. The molecular weight excluding hydrogens is 404 g/mol. The van der Waals surface area contributed by atoms with Gasteiger partial charge in [0.15, 0.2) is 0 Å². The van der Waals surface area contributed by atoms with Crippen LogP contribution in [0.25, 0.3) is 0 Å². The number of hydrogen-bond acceptors (Lipinski definition) is 3. The maximum atomic E-state index is 12.8. The van der Waals surface area contributed by atoms with Crippen molar-refractivity contribution in [2.75, 3.05) is 16.0 Å². The largest absolute Gasteiger partial charge is 0.326 e. The average molecular weight is 437 g/mol. The van der Waals surface area contributed by atoms with Crippen molar-refractivity contribution in [1.82, 2.24) is 0 Å². The molecule has 5 heteroatoms. The first-order chi connectivity index (χ1) is 15.2. The van der Waals surface area contributed by atoms with Gasteiger partial charge < -0.3 is 5.32 Å². The minimum Gasteiger partial charge on any atom is -0.326 e. The Balaban J connectivity index is 1.43. The van der Waals surface area contributed by atoms with E-state index in [9.17, 15) is 9.59 Å². The molecule has 0 unspecified atom stereocenters. The fourth-order valence-electron chi connectivity index (χ4n) is 4.75. The normalized spacial score (nSPS) is 19.2. The zero-order valence-corrected chi connectivity index (χ0v) is 19.1. The van der Waals surface area contributed by atoms with Crippen LogP contribution in [0, 0.1) is 5.92 Å². The van der Waals surface area contributed by atoms with Crippen molar-refractivity contribution in [3.63, 3.8) is 0 Å². The maximum absolute atomic E-state index is 12.8. The van der Waals surface area contributed by atoms with E-state index in [1.807, 2.05) is 41.3 Å². The summed E-state index contributed by atoms with van der Waals surface area (Å²) in [6.45, 7) is 2.16. The molecule has 4 nitrogen and oxygen atoms in total. The molecule has 2 aromatic carbocycles. The van der Waals surface area contributed by atoms with Crippen LogP contribution < -0.4 is 10.2 Å². The Morgan fingerprint density at radius 2 is 1.84 bits per heavy atom. The van der Waals surface area contributed by atoms with E-state index in [0.29, 0.717) is 12.2 Å². The van der Waals surface area contributed by atoms with Crippen LogP contribution in [0.3, 0.4) is 0 Å². The number of aryl methyl sites for hydroxylation is 1. The Kier molecular flexibility index (Phi) is 7.33. The first kappa shape index (κ1) is 21.9. The molecule has 0 spiro atoms. The number of amides is 2. The van der Waals surface area contributed by atoms with Gasteiger partial charge in [-0.1, -0.05) is 69.4 Å². The van der Waals surface area contributed by atoms with E-state index in [1.165, 1.54) is 31.2 Å². The smallest absolute Gasteiger partial charge is 0.238 e. The highest BCUT2D eigenvalue weighted by atomic mass is 32.2. The molecule has 1 aliphatic carbocycles. The first-order valence-electron chi connectivity index (χ1n) is 11.6. The first-order valence-corrected chi connectivity index (χ1v) is 12.6. The van der Waals surface area contributed by atoms with Crippen LogP contribution in [0.5, 0.6) is 0 Å². The van der Waals surface area contributed by atoms with E-state index in [2.05, 4.69) is 24.4 Å². The molecule has 2 fully saturated rings. The molecule has 1 saturated heterocycles. The van der Waals surface area contributed by atoms with Crippen molar-refractivity contribution in [3.8, 4) is 0 Å². The van der Waals surface area contributed by atoms with Gasteiger partial charge in [-0.25, -0.2) is 0 Å². The van der Waals surface area contributed by atoms with Crippen molar-refractivity contribution < 1.29 is 9.59 Å². The van der Waals surface area contributed by atoms with Gasteiger partial charge in [0.1, 0.15) is 5.37 Å². The average Bonchev–Trinajstić information content (AvgIpc) is 3.43. The lowest BCUT2D eigenvalue weighted by atomic mass is 10.0. The van der Waals surface area contributed by atoms with Crippen molar-refractivity contribution in [2.24, 2.45) is 5.92 Å². The summed E-state index contributed by atoms with van der Waals surface area (Å²) in [6, 6.07) is 16.2. The number of thioether (sulfide) groups is 1. The van der Waals surface area contributed by atoms with Gasteiger partial charge in [0.25, 0.3) is 0 Å². The molecule has 164 valence electrons. The SMILES string of the molecule is CCCc1ccccc1N1C(=O)CS[C@H]1c1ccc(NC(=O)CCC2CCCC2)cc1. The molecule has 4 rings (SSSR count). The number of para-hydroxylation sites is 1. The van der Waals surface area contributed by atoms with Crippen molar-refractivity contribution in [1.29, 1.82) is 0 Å². The van der Waals surface area contributed by atoms with Gasteiger partial charge in [-0.3, -0.25) is 14.5 Å². The van der Waals surface area contributed by atoms with E-state index in [1.54, 1.807) is 11.8 Å². The van der Waals surface area contributed by atoms with Crippen LogP contribution in [0.4, 0.5) is 11.4 Å². The third kappa shape index (κ3) is 5.32. The number of hydrogen-bond donors (Lipinski definition) is 1. The summed E-state index contributed by atoms with van der Waals surface area (Å²) in [4.78, 5) is 27.0. The summed E-state index contributed by atoms with van der Waals surface area (Å²) < 4.78 is 0. The van der Waals surface area contributed by atoms with E-state index >= 15 is 0 Å². The zero-order chi connectivity index (χ0) is 21.6. The van der Waals surface area contributed by atoms with Crippen LogP contribution in [-0.2, 0) is 16.0 Å². The topological polar surface area (TPSA) is 49.4 Å². The standard InChI is InChI=1S/C26H32N2O2S/c1-2-7-20-10-5-6-11-23(20)28-25(30)18-31-26(28)21-13-15-22(16-14-21)27-24(29)17-12-19-8-3-4-9-19/h5-6,10-11,13-16,19,26H,2-4,7-9,12,17-18H2,1H3,(H,27,29)/t26-/m0/s1. The van der Waals surface area contributed by atoms with Crippen molar-refractivity contribution in [3.05, 3.63) is 59.7 Å². The molecule has 1 heterocycles. The highest BCUT2D eigenvalue weighted by Gasteiger charge is 2.35. The van der Waals surface area contributed by atoms with E-state index in [0.717, 1.165) is 42.1 Å². The second kappa shape index (κ2) is 10.4. The highest BCUT2D eigenvalue weighted by molar-refractivity contribution is 8.00. The summed E-state index contributed by atoms with van der Waals surface area (Å²) in [5.74, 6) is 1.47. The number of nitrogens with zero attached hydrogens (tertiary/aromatic N) is 1. The second-order valence-electron chi connectivity index (χ2n) is 8.67. The fraction of sp³-hybridized carbons (Fsp3) is 0.462. The molecule has 0 radical (unpaired) electrons. The number of anilines is 2. The predicted octanol–water partition coefficient (Wildman–Crippen LogP) is 6.33. The van der Waals surface area contributed by atoms with Gasteiger partial charge in [-0.15, -0.1) is 11.8 Å². The molecule has 1 N–H and O–H groups in total. The molecule has 31 heavy (non-hydrogen) atoms. The Bertz CT molecular complexity index is 906. The fourth-order valence-corrected chi connectivity index (χ4v) is 5.92. The summed E-state index contributed by atoms with van der Waals surface area (Å²) in [6.07, 6.45) is 8.79. The van der Waals surface area contributed by atoms with Crippen LogP contribution >= 0.6 is 11.8 Å². The Morgan fingerprint density at radius 1 is 1.10 bits per heavy atom. The second-order valence-corrected chi connectivity index (χ2v) is 9.73. The van der Waals surface area contributed by atoms with E-state index in [4.69, 9.17) is 0 Å². The Hall–Kier alpha value is -2.27. The monoisotopic (exact) mass is 436 g/mol. The highest BCUT2D eigenvalue weighted by Crippen LogP contribution is 2.43. The molecule has 2 aliphatic rings. The lowest BCUT2D eigenvalue weighted by Crippen LogP contribution is -2.28. The Morgan fingerprint density at radius 3 is 2.58 bits per heavy atom. The third-order valence-corrected chi connectivity index (χ3v) is 7.58.